The van der Waals surface area contributed by atoms with Crippen LogP contribution in [0.1, 0.15) is 11.3 Å². The summed E-state index contributed by atoms with van der Waals surface area (Å²) < 4.78 is 11.5. The number of furan rings is 1. The van der Waals surface area contributed by atoms with Crippen molar-refractivity contribution >= 4 is 40.4 Å². The van der Waals surface area contributed by atoms with Crippen molar-refractivity contribution in [3.63, 3.8) is 0 Å². The van der Waals surface area contributed by atoms with Gasteiger partial charge in [0, 0.05) is 31.9 Å². The molecule has 2 aromatic heterocycles. The van der Waals surface area contributed by atoms with Crippen molar-refractivity contribution in [3.8, 4) is 0 Å². The number of carbonyl (C=O) groups excluding carboxylic acids is 1. The highest BCUT2D eigenvalue weighted by molar-refractivity contribution is 14.1. The van der Waals surface area contributed by atoms with E-state index in [-0.39, 0.29) is 5.91 Å². The molecule has 24 heavy (non-hydrogen) atoms. The molecule has 2 aromatic rings. The van der Waals surface area contributed by atoms with Gasteiger partial charge in [0.15, 0.2) is 3.77 Å². The van der Waals surface area contributed by atoms with Gasteiger partial charge in [-0.3, -0.25) is 4.79 Å². The summed E-state index contributed by atoms with van der Waals surface area (Å²) in [7, 11) is 0. The number of nitrogens with zero attached hydrogens (tertiary/aromatic N) is 2. The second-order valence-electron chi connectivity index (χ2n) is 5.32. The fraction of sp³-hybridized carbons (Fsp3) is 0.294. The number of carbonyl (C=O) groups is 1. The van der Waals surface area contributed by atoms with Gasteiger partial charge in [0.2, 0.25) is 5.91 Å². The van der Waals surface area contributed by atoms with E-state index < -0.39 is 0 Å². The lowest BCUT2D eigenvalue weighted by molar-refractivity contribution is -0.116. The molecule has 6 nitrogen and oxygen atoms in total. The summed E-state index contributed by atoms with van der Waals surface area (Å²) in [5, 5.41) is 2.83. The van der Waals surface area contributed by atoms with E-state index in [2.05, 4.69) is 37.8 Å². The molecule has 3 heterocycles. The molecule has 0 unspecified atom stereocenters. The topological polar surface area (TPSA) is 67.6 Å². The average Bonchev–Trinajstić information content (AvgIpc) is 3.05. The van der Waals surface area contributed by atoms with Crippen LogP contribution in [0, 0.1) is 3.77 Å². The number of hydrogen-bond acceptors (Lipinski definition) is 5. The van der Waals surface area contributed by atoms with Crippen molar-refractivity contribution in [1.82, 2.24) is 10.3 Å². The smallest absolute Gasteiger partial charge is 0.244 e. The minimum absolute atomic E-state index is 0.168. The van der Waals surface area contributed by atoms with Gasteiger partial charge in [-0.25, -0.2) is 4.98 Å². The van der Waals surface area contributed by atoms with Crippen molar-refractivity contribution in [2.45, 2.75) is 6.54 Å². The fourth-order valence-electron chi connectivity index (χ4n) is 2.32. The van der Waals surface area contributed by atoms with Crippen LogP contribution < -0.4 is 10.2 Å². The van der Waals surface area contributed by atoms with Crippen LogP contribution >= 0.6 is 22.6 Å². The number of rotatable bonds is 5. The molecule has 7 heteroatoms. The molecule has 0 atom stereocenters. The van der Waals surface area contributed by atoms with Crippen molar-refractivity contribution in [1.29, 1.82) is 0 Å². The standard InChI is InChI=1S/C17H18IN3O3/c18-15-4-2-14(24-15)3-6-17(22)20-12-13-1-5-16(19-11-13)21-7-9-23-10-8-21/h1-6,11H,7-10,12H2,(H,20,22). The number of aromatic nitrogens is 1. The van der Waals surface area contributed by atoms with Crippen LogP contribution in [0.4, 0.5) is 5.82 Å². The zero-order chi connectivity index (χ0) is 16.8. The largest absolute Gasteiger partial charge is 0.451 e. The molecular weight excluding hydrogens is 421 g/mol. The quantitative estimate of drug-likeness (QED) is 0.573. The van der Waals surface area contributed by atoms with E-state index in [1.54, 1.807) is 12.3 Å². The number of amides is 1. The van der Waals surface area contributed by atoms with Crippen LogP contribution in [0.2, 0.25) is 0 Å². The number of morpholine rings is 1. The van der Waals surface area contributed by atoms with Crippen LogP contribution in [0.25, 0.3) is 6.08 Å². The van der Waals surface area contributed by atoms with E-state index in [1.807, 2.05) is 24.3 Å². The van der Waals surface area contributed by atoms with Gasteiger partial charge < -0.3 is 19.4 Å². The predicted molar refractivity (Wildman–Crippen MR) is 99.6 cm³/mol. The molecule has 3 rings (SSSR count). The van der Waals surface area contributed by atoms with Gasteiger partial charge in [-0.05, 0) is 52.4 Å². The number of hydrogen-bond donors (Lipinski definition) is 1. The summed E-state index contributed by atoms with van der Waals surface area (Å²) in [6.45, 7) is 3.63. The van der Waals surface area contributed by atoms with Crippen LogP contribution in [-0.2, 0) is 16.1 Å². The first-order chi connectivity index (χ1) is 11.7. The normalized spacial score (nSPS) is 15.0. The van der Waals surface area contributed by atoms with Crippen LogP contribution in [0.3, 0.4) is 0 Å². The highest BCUT2D eigenvalue weighted by Gasteiger charge is 2.11. The molecule has 1 saturated heterocycles. The molecule has 1 fully saturated rings. The van der Waals surface area contributed by atoms with Gasteiger partial charge in [-0.15, -0.1) is 0 Å². The Morgan fingerprint density at radius 1 is 1.29 bits per heavy atom. The van der Waals surface area contributed by atoms with E-state index in [0.29, 0.717) is 12.3 Å². The molecule has 126 valence electrons. The minimum Gasteiger partial charge on any atom is -0.451 e. The molecule has 1 amide bonds. The molecular formula is C17H18IN3O3. The Balaban J connectivity index is 1.49. The second-order valence-corrected chi connectivity index (χ2v) is 6.38. The van der Waals surface area contributed by atoms with Crippen molar-refractivity contribution < 1.29 is 13.9 Å². The first-order valence-electron chi connectivity index (χ1n) is 7.69. The molecule has 0 bridgehead atoms. The van der Waals surface area contributed by atoms with Crippen LogP contribution in [0.15, 0.2) is 41.0 Å². The van der Waals surface area contributed by atoms with Crippen molar-refractivity contribution in [2.75, 3.05) is 31.2 Å². The van der Waals surface area contributed by atoms with Crippen molar-refractivity contribution in [3.05, 3.63) is 51.6 Å². The maximum absolute atomic E-state index is 11.8. The van der Waals surface area contributed by atoms with E-state index in [4.69, 9.17) is 9.15 Å². The molecule has 1 aliphatic rings. The lowest BCUT2D eigenvalue weighted by atomic mass is 10.2. The van der Waals surface area contributed by atoms with E-state index in [1.165, 1.54) is 6.08 Å². The first-order valence-corrected chi connectivity index (χ1v) is 8.77. The summed E-state index contributed by atoms with van der Waals surface area (Å²) >= 11 is 2.08. The van der Waals surface area contributed by atoms with E-state index >= 15 is 0 Å². The van der Waals surface area contributed by atoms with Gasteiger partial charge in [-0.1, -0.05) is 6.07 Å². The zero-order valence-corrected chi connectivity index (χ0v) is 15.2. The molecule has 0 saturated carbocycles. The molecule has 0 spiro atoms. The number of ether oxygens (including phenoxy) is 1. The van der Waals surface area contributed by atoms with E-state index in [0.717, 1.165) is 41.5 Å². The van der Waals surface area contributed by atoms with Crippen LogP contribution in [-0.4, -0.2) is 37.2 Å². The van der Waals surface area contributed by atoms with Gasteiger partial charge in [0.1, 0.15) is 11.6 Å². The Labute approximate surface area is 154 Å². The lowest BCUT2D eigenvalue weighted by Gasteiger charge is -2.27. The van der Waals surface area contributed by atoms with Crippen molar-refractivity contribution in [2.24, 2.45) is 0 Å². The average molecular weight is 439 g/mol. The molecule has 1 aliphatic heterocycles. The fourth-order valence-corrected chi connectivity index (χ4v) is 2.76. The van der Waals surface area contributed by atoms with Gasteiger partial charge in [0.05, 0.1) is 13.2 Å². The number of pyridine rings is 1. The Hall–Kier alpha value is -1.87. The third-order valence-corrected chi connectivity index (χ3v) is 4.18. The van der Waals surface area contributed by atoms with E-state index in [9.17, 15) is 4.79 Å². The summed E-state index contributed by atoms with van der Waals surface area (Å²) in [5.41, 5.74) is 0.960. The lowest BCUT2D eigenvalue weighted by Crippen LogP contribution is -2.36. The monoisotopic (exact) mass is 439 g/mol. The highest BCUT2D eigenvalue weighted by atomic mass is 127. The summed E-state index contributed by atoms with van der Waals surface area (Å²) in [6.07, 6.45) is 4.91. The molecule has 0 aromatic carbocycles. The predicted octanol–water partition coefficient (Wildman–Crippen LogP) is 2.45. The second kappa shape index (κ2) is 8.29. The minimum atomic E-state index is -0.168. The molecule has 0 aliphatic carbocycles. The summed E-state index contributed by atoms with van der Waals surface area (Å²) in [6, 6.07) is 7.63. The number of nitrogens with one attached hydrogen (secondary N) is 1. The molecule has 1 N–H and O–H groups in total. The van der Waals surface area contributed by atoms with Gasteiger partial charge in [-0.2, -0.15) is 0 Å². The molecule has 0 radical (unpaired) electrons. The maximum Gasteiger partial charge on any atom is 0.244 e. The number of halogens is 1. The Bertz CT molecular complexity index is 706. The third kappa shape index (κ3) is 4.81. The summed E-state index contributed by atoms with van der Waals surface area (Å²) in [4.78, 5) is 18.5. The number of anilines is 1. The highest BCUT2D eigenvalue weighted by Crippen LogP contribution is 2.13. The zero-order valence-electron chi connectivity index (χ0n) is 13.1. The Kier molecular flexibility index (Phi) is 5.86. The Morgan fingerprint density at radius 3 is 2.79 bits per heavy atom. The van der Waals surface area contributed by atoms with Gasteiger partial charge in [0.25, 0.3) is 0 Å². The first kappa shape index (κ1) is 17.0. The van der Waals surface area contributed by atoms with Crippen LogP contribution in [0.5, 0.6) is 0 Å². The SMILES string of the molecule is O=C(C=Cc1ccc(I)o1)NCc1ccc(N2CCOCC2)nc1. The third-order valence-electron chi connectivity index (χ3n) is 3.60. The Morgan fingerprint density at radius 2 is 2.12 bits per heavy atom. The summed E-state index contributed by atoms with van der Waals surface area (Å²) in [5.74, 6) is 1.44. The maximum atomic E-state index is 11.8. The van der Waals surface area contributed by atoms with Gasteiger partial charge >= 0.3 is 0 Å².